The van der Waals surface area contributed by atoms with Gasteiger partial charge in [0.25, 0.3) is 0 Å². The van der Waals surface area contributed by atoms with Crippen molar-refractivity contribution in [3.05, 3.63) is 23.8 Å². The summed E-state index contributed by atoms with van der Waals surface area (Å²) < 4.78 is 10.7. The maximum Gasteiger partial charge on any atom is 0.231 e. The molecule has 1 N–H and O–H groups in total. The van der Waals surface area contributed by atoms with Crippen molar-refractivity contribution < 1.29 is 14.3 Å². The van der Waals surface area contributed by atoms with Crippen LogP contribution in [0.3, 0.4) is 0 Å². The van der Waals surface area contributed by atoms with E-state index in [1.165, 1.54) is 6.42 Å². The summed E-state index contributed by atoms with van der Waals surface area (Å²) in [5.74, 6) is 2.34. The molecule has 3 aliphatic heterocycles. The van der Waals surface area contributed by atoms with E-state index in [-0.39, 0.29) is 12.7 Å². The van der Waals surface area contributed by atoms with E-state index in [2.05, 4.69) is 15.2 Å². The maximum absolute atomic E-state index is 11.8. The summed E-state index contributed by atoms with van der Waals surface area (Å²) in [6.07, 6.45) is 4.03. The SMILES string of the molecule is O=C1CC2CCCCN2C(=NCc2ccc3c(c2)OCO3)N1. The van der Waals surface area contributed by atoms with Crippen molar-refractivity contribution in [1.82, 2.24) is 10.2 Å². The van der Waals surface area contributed by atoms with Crippen LogP contribution in [0.4, 0.5) is 0 Å². The molecular weight excluding hydrogens is 282 g/mol. The van der Waals surface area contributed by atoms with Crippen LogP contribution in [0.1, 0.15) is 31.2 Å². The fraction of sp³-hybridized carbons (Fsp3) is 0.500. The molecular formula is C16H19N3O3. The Labute approximate surface area is 129 Å². The van der Waals surface area contributed by atoms with Gasteiger partial charge in [-0.05, 0) is 37.0 Å². The van der Waals surface area contributed by atoms with E-state index in [1.54, 1.807) is 0 Å². The van der Waals surface area contributed by atoms with Crippen LogP contribution >= 0.6 is 0 Å². The summed E-state index contributed by atoms with van der Waals surface area (Å²) in [6.45, 7) is 1.78. The third kappa shape index (κ3) is 2.49. The van der Waals surface area contributed by atoms with Crippen molar-refractivity contribution >= 4 is 11.9 Å². The molecule has 0 aromatic heterocycles. The number of nitrogens with one attached hydrogen (secondary N) is 1. The number of carbonyl (C=O) groups is 1. The molecule has 1 aromatic carbocycles. The van der Waals surface area contributed by atoms with Crippen molar-refractivity contribution in [3.8, 4) is 11.5 Å². The van der Waals surface area contributed by atoms with Gasteiger partial charge >= 0.3 is 0 Å². The number of ether oxygens (including phenoxy) is 2. The fourth-order valence-corrected chi connectivity index (χ4v) is 3.29. The first-order valence-electron chi connectivity index (χ1n) is 7.79. The molecule has 1 atom stereocenters. The number of rotatable bonds is 2. The molecule has 0 saturated carbocycles. The van der Waals surface area contributed by atoms with Gasteiger partial charge in [-0.2, -0.15) is 0 Å². The molecule has 1 amide bonds. The smallest absolute Gasteiger partial charge is 0.231 e. The largest absolute Gasteiger partial charge is 0.454 e. The van der Waals surface area contributed by atoms with Crippen molar-refractivity contribution in [3.63, 3.8) is 0 Å². The van der Waals surface area contributed by atoms with E-state index in [9.17, 15) is 4.79 Å². The topological polar surface area (TPSA) is 63.2 Å². The summed E-state index contributed by atoms with van der Waals surface area (Å²) in [6, 6.07) is 6.15. The van der Waals surface area contributed by atoms with Crippen LogP contribution in [0.5, 0.6) is 11.5 Å². The van der Waals surface area contributed by atoms with E-state index in [1.807, 2.05) is 18.2 Å². The van der Waals surface area contributed by atoms with Crippen LogP contribution in [0.25, 0.3) is 0 Å². The zero-order valence-electron chi connectivity index (χ0n) is 12.4. The molecule has 4 rings (SSSR count). The van der Waals surface area contributed by atoms with E-state index in [4.69, 9.17) is 9.47 Å². The van der Waals surface area contributed by atoms with Crippen molar-refractivity contribution in [1.29, 1.82) is 0 Å². The Kier molecular flexibility index (Phi) is 3.36. The van der Waals surface area contributed by atoms with Gasteiger partial charge in [0.05, 0.1) is 6.54 Å². The molecule has 2 saturated heterocycles. The molecule has 6 nitrogen and oxygen atoms in total. The molecule has 116 valence electrons. The Balaban J connectivity index is 1.52. The quantitative estimate of drug-likeness (QED) is 0.902. The highest BCUT2D eigenvalue weighted by molar-refractivity contribution is 5.99. The number of amides is 1. The highest BCUT2D eigenvalue weighted by Gasteiger charge is 2.32. The van der Waals surface area contributed by atoms with Crippen LogP contribution in [0, 0.1) is 0 Å². The first-order valence-corrected chi connectivity index (χ1v) is 7.79. The van der Waals surface area contributed by atoms with E-state index >= 15 is 0 Å². The van der Waals surface area contributed by atoms with Crippen LogP contribution in [-0.4, -0.2) is 36.1 Å². The number of guanidine groups is 1. The van der Waals surface area contributed by atoms with Gasteiger partial charge in [0.2, 0.25) is 18.7 Å². The lowest BCUT2D eigenvalue weighted by Crippen LogP contribution is -2.57. The maximum atomic E-state index is 11.8. The minimum absolute atomic E-state index is 0.0765. The number of benzene rings is 1. The fourth-order valence-electron chi connectivity index (χ4n) is 3.29. The average molecular weight is 301 g/mol. The van der Waals surface area contributed by atoms with Crippen LogP contribution in [0.2, 0.25) is 0 Å². The molecule has 3 heterocycles. The Morgan fingerprint density at radius 2 is 2.18 bits per heavy atom. The van der Waals surface area contributed by atoms with Gasteiger partial charge < -0.3 is 14.4 Å². The number of aliphatic imine (C=N–C) groups is 1. The van der Waals surface area contributed by atoms with Gasteiger partial charge in [-0.25, -0.2) is 4.99 Å². The number of piperidine rings is 1. The van der Waals surface area contributed by atoms with Gasteiger partial charge in [0.15, 0.2) is 11.5 Å². The second-order valence-electron chi connectivity index (χ2n) is 5.92. The van der Waals surface area contributed by atoms with Crippen LogP contribution in [-0.2, 0) is 11.3 Å². The zero-order chi connectivity index (χ0) is 14.9. The van der Waals surface area contributed by atoms with Gasteiger partial charge in [-0.1, -0.05) is 6.07 Å². The molecule has 0 bridgehead atoms. The van der Waals surface area contributed by atoms with Crippen LogP contribution in [0.15, 0.2) is 23.2 Å². The lowest BCUT2D eigenvalue weighted by atomic mass is 9.98. The number of carbonyl (C=O) groups excluding carboxylic acids is 1. The summed E-state index contributed by atoms with van der Waals surface area (Å²) in [4.78, 5) is 18.7. The molecule has 0 aliphatic carbocycles. The Morgan fingerprint density at radius 1 is 1.27 bits per heavy atom. The highest BCUT2D eigenvalue weighted by Crippen LogP contribution is 2.32. The molecule has 6 heteroatoms. The third-order valence-corrected chi connectivity index (χ3v) is 4.42. The predicted molar refractivity (Wildman–Crippen MR) is 80.8 cm³/mol. The lowest BCUT2D eigenvalue weighted by molar-refractivity contribution is -0.122. The van der Waals surface area contributed by atoms with Gasteiger partial charge in [0.1, 0.15) is 0 Å². The zero-order valence-corrected chi connectivity index (χ0v) is 12.4. The summed E-state index contributed by atoms with van der Waals surface area (Å²) in [5.41, 5.74) is 1.05. The molecule has 0 spiro atoms. The minimum Gasteiger partial charge on any atom is -0.454 e. The normalized spacial score (nSPS) is 25.1. The predicted octanol–water partition coefficient (Wildman–Crippen LogP) is 1.65. The molecule has 22 heavy (non-hydrogen) atoms. The minimum atomic E-state index is 0.0765. The molecule has 2 fully saturated rings. The summed E-state index contributed by atoms with van der Waals surface area (Å²) in [7, 11) is 0. The summed E-state index contributed by atoms with van der Waals surface area (Å²) in [5, 5.41) is 2.92. The molecule has 1 unspecified atom stereocenters. The van der Waals surface area contributed by atoms with E-state index < -0.39 is 0 Å². The van der Waals surface area contributed by atoms with Gasteiger partial charge in [-0.3, -0.25) is 10.1 Å². The van der Waals surface area contributed by atoms with Crippen LogP contribution < -0.4 is 14.8 Å². The van der Waals surface area contributed by atoms with E-state index in [0.717, 1.165) is 42.4 Å². The first-order chi connectivity index (χ1) is 10.8. The Hall–Kier alpha value is -2.24. The lowest BCUT2D eigenvalue weighted by Gasteiger charge is -2.41. The number of nitrogens with zero attached hydrogens (tertiary/aromatic N) is 2. The first kappa shape index (κ1) is 13.4. The third-order valence-electron chi connectivity index (χ3n) is 4.42. The standard InChI is InChI=1S/C16H19N3O3/c20-15-8-12-3-1-2-6-19(12)16(18-15)17-9-11-4-5-13-14(7-11)22-10-21-13/h4-5,7,12H,1-3,6,8-10H2,(H,17,18,20). The van der Waals surface area contributed by atoms with Crippen molar-refractivity contribution in [2.24, 2.45) is 4.99 Å². The van der Waals surface area contributed by atoms with E-state index in [0.29, 0.717) is 19.0 Å². The molecule has 0 radical (unpaired) electrons. The Morgan fingerprint density at radius 3 is 3.14 bits per heavy atom. The Bertz CT molecular complexity index is 629. The summed E-state index contributed by atoms with van der Waals surface area (Å²) >= 11 is 0. The van der Waals surface area contributed by atoms with Crippen molar-refractivity contribution in [2.45, 2.75) is 38.3 Å². The molecule has 3 aliphatic rings. The number of hydrogen-bond donors (Lipinski definition) is 1. The van der Waals surface area contributed by atoms with Crippen molar-refractivity contribution in [2.75, 3.05) is 13.3 Å². The second-order valence-corrected chi connectivity index (χ2v) is 5.92. The monoisotopic (exact) mass is 301 g/mol. The molecule has 1 aromatic rings. The van der Waals surface area contributed by atoms with Gasteiger partial charge in [0, 0.05) is 19.0 Å². The number of fused-ring (bicyclic) bond motifs is 2. The van der Waals surface area contributed by atoms with Gasteiger partial charge in [-0.15, -0.1) is 0 Å². The number of hydrogen-bond acceptors (Lipinski definition) is 4. The highest BCUT2D eigenvalue weighted by atomic mass is 16.7. The second kappa shape index (κ2) is 5.51. The average Bonchev–Trinajstić information content (AvgIpc) is 3.00.